The molecule has 0 fully saturated rings. The molecular formula is C13H19Br. The van der Waals surface area contributed by atoms with Crippen molar-refractivity contribution in [3.8, 4) is 11.8 Å². The van der Waals surface area contributed by atoms with E-state index >= 15 is 0 Å². The lowest BCUT2D eigenvalue weighted by molar-refractivity contribution is 0.728. The van der Waals surface area contributed by atoms with Crippen molar-refractivity contribution in [2.75, 3.05) is 5.33 Å². The van der Waals surface area contributed by atoms with Gasteiger partial charge in [-0.05, 0) is 18.9 Å². The molecule has 14 heavy (non-hydrogen) atoms. The number of allylic oxidation sites excluding steroid dienone is 4. The maximum atomic E-state index is 3.30. The average Bonchev–Trinajstić information content (AvgIpc) is 2.21. The van der Waals surface area contributed by atoms with E-state index in [2.05, 4.69) is 46.8 Å². The molecule has 0 radical (unpaired) electrons. The number of alkyl halides is 1. The Kier molecular flexibility index (Phi) is 12.1. The first-order valence-electron chi connectivity index (χ1n) is 5.26. The predicted molar refractivity (Wildman–Crippen MR) is 68.6 cm³/mol. The van der Waals surface area contributed by atoms with Crippen LogP contribution in [0.2, 0.25) is 0 Å². The van der Waals surface area contributed by atoms with Crippen LogP contribution in [0.1, 0.15) is 39.0 Å². The van der Waals surface area contributed by atoms with E-state index in [9.17, 15) is 0 Å². The summed E-state index contributed by atoms with van der Waals surface area (Å²) in [6.07, 6.45) is 14.3. The van der Waals surface area contributed by atoms with Crippen molar-refractivity contribution in [1.29, 1.82) is 0 Å². The number of hydrogen-bond donors (Lipinski definition) is 0. The predicted octanol–water partition coefficient (Wildman–Crippen LogP) is 4.47. The Labute approximate surface area is 96.6 Å². The fourth-order valence-corrected chi connectivity index (χ4v) is 1.18. The van der Waals surface area contributed by atoms with Gasteiger partial charge in [-0.3, -0.25) is 0 Å². The molecule has 0 heterocycles. The zero-order chi connectivity index (χ0) is 10.5. The topological polar surface area (TPSA) is 0 Å². The molecule has 0 aromatic rings. The maximum Gasteiger partial charge on any atom is 0.0273 e. The van der Waals surface area contributed by atoms with Gasteiger partial charge < -0.3 is 0 Å². The number of halogens is 1. The molecule has 0 atom stereocenters. The van der Waals surface area contributed by atoms with Gasteiger partial charge in [0.25, 0.3) is 0 Å². The van der Waals surface area contributed by atoms with Crippen LogP contribution in [-0.4, -0.2) is 5.33 Å². The molecule has 0 N–H and O–H groups in total. The van der Waals surface area contributed by atoms with Crippen LogP contribution in [0.3, 0.4) is 0 Å². The van der Waals surface area contributed by atoms with Gasteiger partial charge in [0.2, 0.25) is 0 Å². The minimum atomic E-state index is 0.874. The largest absolute Gasteiger partial charge is 0.0944 e. The monoisotopic (exact) mass is 254 g/mol. The summed E-state index contributed by atoms with van der Waals surface area (Å²) < 4.78 is 0. The van der Waals surface area contributed by atoms with E-state index in [1.54, 1.807) is 0 Å². The van der Waals surface area contributed by atoms with Crippen LogP contribution < -0.4 is 0 Å². The van der Waals surface area contributed by atoms with E-state index in [1.807, 2.05) is 12.2 Å². The van der Waals surface area contributed by atoms with Crippen molar-refractivity contribution in [1.82, 2.24) is 0 Å². The first-order valence-corrected chi connectivity index (χ1v) is 6.38. The van der Waals surface area contributed by atoms with E-state index in [0.717, 1.165) is 11.8 Å². The summed E-state index contributed by atoms with van der Waals surface area (Å²) in [6, 6.07) is 0. The van der Waals surface area contributed by atoms with Gasteiger partial charge in [-0.2, -0.15) is 0 Å². The van der Waals surface area contributed by atoms with Gasteiger partial charge in [0.15, 0.2) is 0 Å². The molecule has 78 valence electrons. The molecule has 0 aliphatic rings. The van der Waals surface area contributed by atoms with E-state index in [-0.39, 0.29) is 0 Å². The summed E-state index contributed by atoms with van der Waals surface area (Å²) in [4.78, 5) is 0. The van der Waals surface area contributed by atoms with Gasteiger partial charge in [-0.1, -0.05) is 65.8 Å². The first-order chi connectivity index (χ1) is 6.91. The van der Waals surface area contributed by atoms with Crippen LogP contribution in [0.5, 0.6) is 0 Å². The van der Waals surface area contributed by atoms with Crippen molar-refractivity contribution < 1.29 is 0 Å². The minimum absolute atomic E-state index is 0.874. The highest BCUT2D eigenvalue weighted by Gasteiger charge is 1.80. The van der Waals surface area contributed by atoms with Crippen molar-refractivity contribution >= 4 is 15.9 Å². The molecule has 0 spiro atoms. The Bertz CT molecular complexity index is 215. The highest BCUT2D eigenvalue weighted by atomic mass is 79.9. The smallest absolute Gasteiger partial charge is 0.0273 e. The highest BCUT2D eigenvalue weighted by molar-refractivity contribution is 9.09. The van der Waals surface area contributed by atoms with Crippen LogP contribution in [0, 0.1) is 11.8 Å². The molecule has 0 aromatic carbocycles. The third kappa shape index (κ3) is 11.5. The van der Waals surface area contributed by atoms with Crippen LogP contribution in [0.15, 0.2) is 24.3 Å². The first kappa shape index (κ1) is 13.5. The van der Waals surface area contributed by atoms with Gasteiger partial charge in [0, 0.05) is 11.8 Å². The normalized spacial score (nSPS) is 10.7. The Hall–Kier alpha value is -0.480. The molecule has 0 aliphatic heterocycles. The zero-order valence-corrected chi connectivity index (χ0v) is 10.5. The van der Waals surface area contributed by atoms with E-state index in [1.165, 1.54) is 25.7 Å². The fourth-order valence-electron chi connectivity index (χ4n) is 0.994. The third-order valence-electron chi connectivity index (χ3n) is 1.75. The van der Waals surface area contributed by atoms with Gasteiger partial charge in [0.05, 0.1) is 0 Å². The van der Waals surface area contributed by atoms with Crippen LogP contribution >= 0.6 is 15.9 Å². The summed E-state index contributed by atoms with van der Waals surface area (Å²) in [6.45, 7) is 2.23. The Morgan fingerprint density at radius 1 is 1.14 bits per heavy atom. The molecule has 0 unspecified atom stereocenters. The Morgan fingerprint density at radius 3 is 2.71 bits per heavy atom. The van der Waals surface area contributed by atoms with Crippen LogP contribution in [-0.2, 0) is 0 Å². The SMILES string of the molecule is CCCCC/C=C/CC#C/C=C/CBr. The van der Waals surface area contributed by atoms with Gasteiger partial charge in [-0.25, -0.2) is 0 Å². The Morgan fingerprint density at radius 2 is 2.00 bits per heavy atom. The average molecular weight is 255 g/mol. The molecule has 0 saturated heterocycles. The second kappa shape index (κ2) is 12.5. The third-order valence-corrected chi connectivity index (χ3v) is 2.13. The summed E-state index contributed by atoms with van der Waals surface area (Å²) in [5.74, 6) is 6.04. The lowest BCUT2D eigenvalue weighted by Gasteiger charge is -1.89. The second-order valence-corrected chi connectivity index (χ2v) is 3.70. The van der Waals surface area contributed by atoms with Crippen molar-refractivity contribution in [3.63, 3.8) is 0 Å². The summed E-state index contributed by atoms with van der Waals surface area (Å²) in [5.41, 5.74) is 0. The molecule has 0 saturated carbocycles. The lowest BCUT2D eigenvalue weighted by Crippen LogP contribution is -1.70. The maximum absolute atomic E-state index is 3.30. The van der Waals surface area contributed by atoms with E-state index in [0.29, 0.717) is 0 Å². The minimum Gasteiger partial charge on any atom is -0.0944 e. The second-order valence-electron chi connectivity index (χ2n) is 3.05. The fraction of sp³-hybridized carbons (Fsp3) is 0.538. The summed E-state index contributed by atoms with van der Waals surface area (Å²) in [5, 5.41) is 0.883. The molecule has 0 aliphatic carbocycles. The van der Waals surface area contributed by atoms with Crippen molar-refractivity contribution in [2.24, 2.45) is 0 Å². The lowest BCUT2D eigenvalue weighted by atomic mass is 10.2. The molecule has 0 bridgehead atoms. The highest BCUT2D eigenvalue weighted by Crippen LogP contribution is 1.99. The zero-order valence-electron chi connectivity index (χ0n) is 8.93. The quantitative estimate of drug-likeness (QED) is 0.284. The molecule has 0 rings (SSSR count). The number of rotatable bonds is 6. The van der Waals surface area contributed by atoms with Crippen molar-refractivity contribution in [3.05, 3.63) is 24.3 Å². The molecule has 0 aromatic heterocycles. The summed E-state index contributed by atoms with van der Waals surface area (Å²) in [7, 11) is 0. The van der Waals surface area contributed by atoms with Crippen molar-refractivity contribution in [2.45, 2.75) is 39.0 Å². The molecule has 1 heteroatoms. The van der Waals surface area contributed by atoms with E-state index < -0.39 is 0 Å². The number of hydrogen-bond acceptors (Lipinski definition) is 0. The molecular weight excluding hydrogens is 236 g/mol. The molecule has 0 nitrogen and oxygen atoms in total. The van der Waals surface area contributed by atoms with Gasteiger partial charge >= 0.3 is 0 Å². The van der Waals surface area contributed by atoms with E-state index in [4.69, 9.17) is 0 Å². The Balaban J connectivity index is 3.32. The molecule has 0 amide bonds. The summed E-state index contributed by atoms with van der Waals surface area (Å²) >= 11 is 3.30. The van der Waals surface area contributed by atoms with Crippen LogP contribution in [0.4, 0.5) is 0 Å². The van der Waals surface area contributed by atoms with Crippen LogP contribution in [0.25, 0.3) is 0 Å². The van der Waals surface area contributed by atoms with Gasteiger partial charge in [0.1, 0.15) is 0 Å². The number of unbranched alkanes of at least 4 members (excludes halogenated alkanes) is 3. The van der Waals surface area contributed by atoms with Gasteiger partial charge in [-0.15, -0.1) is 0 Å². The standard InChI is InChI=1S/C13H19Br/c1-2-3-4-5-6-7-8-9-10-11-12-13-14/h6-7,11-12H,2-5,8,13H2,1H3/b7-6+,12-11+.